The highest BCUT2D eigenvalue weighted by atomic mass is 13.8. The average molecular weight is 202 g/mol. The van der Waals surface area contributed by atoms with E-state index in [9.17, 15) is 0 Å². The molecule has 1 aromatic rings. The summed E-state index contributed by atoms with van der Waals surface area (Å²) in [6.07, 6.45) is 3.58. The Bertz CT molecular complexity index is 263. The molecular formula is C15H22. The van der Waals surface area contributed by atoms with Gasteiger partial charge in [0.25, 0.3) is 0 Å². The number of hydrogen-bond donors (Lipinski definition) is 0. The molecule has 0 heteroatoms. The number of allylic oxidation sites excluding steroid dienone is 2. The van der Waals surface area contributed by atoms with Crippen LogP contribution in [0.4, 0.5) is 0 Å². The van der Waals surface area contributed by atoms with Gasteiger partial charge in [-0.15, -0.1) is 13.2 Å². The van der Waals surface area contributed by atoms with Gasteiger partial charge in [-0.25, -0.2) is 0 Å². The van der Waals surface area contributed by atoms with Crippen LogP contribution in [-0.2, 0) is 0 Å². The Morgan fingerprint density at radius 1 is 1.07 bits per heavy atom. The minimum atomic E-state index is 1.17. The van der Waals surface area contributed by atoms with Gasteiger partial charge in [-0.1, -0.05) is 54.6 Å². The number of benzene rings is 1. The lowest BCUT2D eigenvalue weighted by atomic mass is 10.2. The second kappa shape index (κ2) is 12.4. The van der Waals surface area contributed by atoms with Crippen molar-refractivity contribution in [3.8, 4) is 0 Å². The molecule has 0 aliphatic carbocycles. The van der Waals surface area contributed by atoms with Crippen LogP contribution in [0.3, 0.4) is 0 Å². The second-order valence-electron chi connectivity index (χ2n) is 3.23. The van der Waals surface area contributed by atoms with Crippen molar-refractivity contribution in [1.29, 1.82) is 0 Å². The van der Waals surface area contributed by atoms with Crippen LogP contribution >= 0.6 is 0 Å². The summed E-state index contributed by atoms with van der Waals surface area (Å²) in [7, 11) is 0. The van der Waals surface area contributed by atoms with Gasteiger partial charge >= 0.3 is 0 Å². The van der Waals surface area contributed by atoms with E-state index in [1.54, 1.807) is 6.08 Å². The topological polar surface area (TPSA) is 0 Å². The Labute approximate surface area is 94.7 Å². The minimum Gasteiger partial charge on any atom is -0.103 e. The molecule has 0 saturated heterocycles. The summed E-state index contributed by atoms with van der Waals surface area (Å²) in [6, 6.07) is 10.0. The Kier molecular flexibility index (Phi) is 13.2. The molecule has 82 valence electrons. The van der Waals surface area contributed by atoms with Crippen LogP contribution in [0.5, 0.6) is 0 Å². The maximum atomic E-state index is 3.63. The van der Waals surface area contributed by atoms with Crippen LogP contribution in [0.25, 0.3) is 6.08 Å². The summed E-state index contributed by atoms with van der Waals surface area (Å²) in [5.74, 6) is 0. The molecule has 0 amide bonds. The highest BCUT2D eigenvalue weighted by Gasteiger charge is 1.75. The van der Waals surface area contributed by atoms with Gasteiger partial charge in [0.05, 0.1) is 0 Å². The molecular weight excluding hydrogens is 180 g/mol. The fraction of sp³-hybridized carbons (Fsp3) is 0.200. The van der Waals surface area contributed by atoms with Crippen LogP contribution in [-0.4, -0.2) is 0 Å². The molecule has 0 spiro atoms. The zero-order valence-electron chi connectivity index (χ0n) is 10.2. The molecule has 0 N–H and O–H groups in total. The zero-order valence-corrected chi connectivity index (χ0v) is 10.2. The Balaban J connectivity index is 0. The Morgan fingerprint density at radius 2 is 1.40 bits per heavy atom. The van der Waals surface area contributed by atoms with Gasteiger partial charge in [-0.2, -0.15) is 0 Å². The van der Waals surface area contributed by atoms with Crippen molar-refractivity contribution in [2.75, 3.05) is 0 Å². The van der Waals surface area contributed by atoms with Gasteiger partial charge < -0.3 is 0 Å². The van der Waals surface area contributed by atoms with Gasteiger partial charge in [-0.05, 0) is 26.3 Å². The first kappa shape index (κ1) is 15.9. The molecule has 15 heavy (non-hydrogen) atoms. The normalized spacial score (nSPS) is 7.13. The third kappa shape index (κ3) is 19.0. The van der Waals surface area contributed by atoms with Crippen molar-refractivity contribution in [3.05, 3.63) is 67.3 Å². The van der Waals surface area contributed by atoms with E-state index in [0.717, 1.165) is 0 Å². The molecule has 0 aromatic heterocycles. The van der Waals surface area contributed by atoms with Crippen molar-refractivity contribution in [3.63, 3.8) is 0 Å². The lowest BCUT2D eigenvalue weighted by molar-refractivity contribution is 1.42. The quantitative estimate of drug-likeness (QED) is 0.555. The molecule has 1 rings (SSSR count). The fourth-order valence-corrected chi connectivity index (χ4v) is 0.589. The highest BCUT2D eigenvalue weighted by molar-refractivity contribution is 5.45. The highest BCUT2D eigenvalue weighted by Crippen LogP contribution is 1.97. The summed E-state index contributed by atoms with van der Waals surface area (Å²) < 4.78 is 0. The monoisotopic (exact) mass is 202 g/mol. The SMILES string of the molecule is C=C(C)C.C=CC.C=Cc1ccccc1. The van der Waals surface area contributed by atoms with E-state index in [-0.39, 0.29) is 0 Å². The maximum Gasteiger partial charge on any atom is -0.0263 e. The third-order valence-electron chi connectivity index (χ3n) is 1.04. The molecule has 1 aromatic carbocycles. The molecule has 0 fully saturated rings. The molecule has 0 radical (unpaired) electrons. The fourth-order valence-electron chi connectivity index (χ4n) is 0.589. The van der Waals surface area contributed by atoms with Crippen molar-refractivity contribution in [2.45, 2.75) is 20.8 Å². The molecule has 0 saturated carbocycles. The first-order valence-corrected chi connectivity index (χ1v) is 4.95. The van der Waals surface area contributed by atoms with Crippen LogP contribution < -0.4 is 0 Å². The average Bonchev–Trinajstić information content (AvgIpc) is 2.19. The summed E-state index contributed by atoms with van der Waals surface area (Å²) in [4.78, 5) is 0. The third-order valence-corrected chi connectivity index (χ3v) is 1.04. The van der Waals surface area contributed by atoms with Crippen LogP contribution in [0.2, 0.25) is 0 Å². The van der Waals surface area contributed by atoms with Crippen LogP contribution in [0.1, 0.15) is 26.3 Å². The van der Waals surface area contributed by atoms with E-state index in [4.69, 9.17) is 0 Å². The number of rotatable bonds is 1. The van der Waals surface area contributed by atoms with E-state index in [2.05, 4.69) is 19.7 Å². The van der Waals surface area contributed by atoms with E-state index in [1.165, 1.54) is 11.1 Å². The first-order chi connectivity index (χ1) is 7.08. The van der Waals surface area contributed by atoms with Crippen molar-refractivity contribution in [1.82, 2.24) is 0 Å². The Hall–Kier alpha value is -1.56. The van der Waals surface area contributed by atoms with E-state index < -0.39 is 0 Å². The Morgan fingerprint density at radius 3 is 1.60 bits per heavy atom. The predicted octanol–water partition coefficient (Wildman–Crippen LogP) is 5.10. The molecule has 0 nitrogen and oxygen atoms in total. The predicted molar refractivity (Wildman–Crippen MR) is 72.9 cm³/mol. The zero-order chi connectivity index (χ0) is 12.1. The van der Waals surface area contributed by atoms with E-state index >= 15 is 0 Å². The standard InChI is InChI=1S/C8H8.C4H8.C3H6/c1-2-8-6-4-3-5-7-8;1-4(2)3;1-3-2/h2-7H,1H2;1H2,2-3H3;3H,1H2,2H3. The molecule has 0 aliphatic heterocycles. The largest absolute Gasteiger partial charge is 0.103 e. The molecule has 0 bridgehead atoms. The van der Waals surface area contributed by atoms with Crippen molar-refractivity contribution >= 4 is 6.08 Å². The van der Waals surface area contributed by atoms with Gasteiger partial charge in [0.15, 0.2) is 0 Å². The van der Waals surface area contributed by atoms with Crippen LogP contribution in [0.15, 0.2) is 61.7 Å². The van der Waals surface area contributed by atoms with Gasteiger partial charge in [0.2, 0.25) is 0 Å². The van der Waals surface area contributed by atoms with Crippen molar-refractivity contribution in [2.24, 2.45) is 0 Å². The van der Waals surface area contributed by atoms with E-state index in [0.29, 0.717) is 0 Å². The lowest BCUT2D eigenvalue weighted by Gasteiger charge is -1.85. The molecule has 0 heterocycles. The van der Waals surface area contributed by atoms with Gasteiger partial charge in [0, 0.05) is 0 Å². The van der Waals surface area contributed by atoms with E-state index in [1.807, 2.05) is 57.2 Å². The maximum absolute atomic E-state index is 3.63. The lowest BCUT2D eigenvalue weighted by Crippen LogP contribution is -1.63. The van der Waals surface area contributed by atoms with Gasteiger partial charge in [0.1, 0.15) is 0 Å². The smallest absolute Gasteiger partial charge is 0.0263 e. The summed E-state index contributed by atoms with van der Waals surface area (Å²) >= 11 is 0. The van der Waals surface area contributed by atoms with Crippen molar-refractivity contribution < 1.29 is 0 Å². The van der Waals surface area contributed by atoms with Gasteiger partial charge in [-0.3, -0.25) is 0 Å². The summed E-state index contributed by atoms with van der Waals surface area (Å²) in [5, 5.41) is 0. The minimum absolute atomic E-state index is 1.17. The second-order valence-corrected chi connectivity index (χ2v) is 3.23. The number of hydrogen-bond acceptors (Lipinski definition) is 0. The first-order valence-electron chi connectivity index (χ1n) is 4.95. The van der Waals surface area contributed by atoms with Crippen LogP contribution in [0, 0.1) is 0 Å². The molecule has 0 atom stereocenters. The molecule has 0 unspecified atom stereocenters. The molecule has 0 aliphatic rings. The summed E-state index contributed by atoms with van der Waals surface area (Å²) in [6.45, 7) is 16.4. The summed E-state index contributed by atoms with van der Waals surface area (Å²) in [5.41, 5.74) is 2.34.